The number of benzene rings is 3. The molecule has 9 nitrogen and oxygen atoms in total. The Kier molecular flexibility index (Phi) is 7.89. The van der Waals surface area contributed by atoms with E-state index in [0.29, 0.717) is 40.4 Å². The highest BCUT2D eigenvalue weighted by molar-refractivity contribution is 7.98. The first-order valence-corrected chi connectivity index (χ1v) is 16.0. The van der Waals surface area contributed by atoms with Crippen LogP contribution in [0.15, 0.2) is 66.7 Å². The van der Waals surface area contributed by atoms with Crippen molar-refractivity contribution in [3.8, 4) is 5.75 Å². The minimum absolute atomic E-state index is 0.143. The van der Waals surface area contributed by atoms with E-state index in [4.69, 9.17) is 4.74 Å². The van der Waals surface area contributed by atoms with Crippen LogP contribution >= 0.6 is 11.8 Å². The summed E-state index contributed by atoms with van der Waals surface area (Å²) in [4.78, 5) is 68.5. The average Bonchev–Trinajstić information content (AvgIpc) is 3.51. The highest BCUT2D eigenvalue weighted by Gasteiger charge is 2.68. The summed E-state index contributed by atoms with van der Waals surface area (Å²) in [5, 5.41) is 13.8. The van der Waals surface area contributed by atoms with Crippen molar-refractivity contribution in [3.05, 3.63) is 100 Å². The maximum absolute atomic E-state index is 14.1. The van der Waals surface area contributed by atoms with Gasteiger partial charge in [-0.25, -0.2) is 0 Å². The summed E-state index contributed by atoms with van der Waals surface area (Å²) < 4.78 is 5.69. The monoisotopic (exact) mass is 612 g/mol. The Hall–Kier alpha value is -4.28. The van der Waals surface area contributed by atoms with Crippen LogP contribution in [0.25, 0.3) is 0 Å². The number of ketones is 2. The third kappa shape index (κ3) is 4.73. The molecule has 4 unspecified atom stereocenters. The van der Waals surface area contributed by atoms with E-state index in [9.17, 15) is 29.1 Å². The van der Waals surface area contributed by atoms with Crippen LogP contribution < -0.4 is 10.1 Å². The number of thioether (sulfide) groups is 1. The molecule has 1 aliphatic carbocycles. The first-order chi connectivity index (χ1) is 21.2. The van der Waals surface area contributed by atoms with Crippen LogP contribution in [0.4, 0.5) is 0 Å². The number of ether oxygens (including phenoxy) is 1. The summed E-state index contributed by atoms with van der Waals surface area (Å²) in [7, 11) is 0. The molecule has 2 saturated heterocycles. The van der Waals surface area contributed by atoms with Crippen molar-refractivity contribution in [1.29, 1.82) is 0 Å². The number of nitrogens with zero attached hydrogens (tertiary/aromatic N) is 1. The van der Waals surface area contributed by atoms with Crippen LogP contribution in [-0.2, 0) is 20.9 Å². The van der Waals surface area contributed by atoms with Gasteiger partial charge in [-0.2, -0.15) is 11.8 Å². The predicted octanol–water partition coefficient (Wildman–Crippen LogP) is 4.27. The van der Waals surface area contributed by atoms with Gasteiger partial charge in [0, 0.05) is 28.3 Å². The van der Waals surface area contributed by atoms with Crippen molar-refractivity contribution >= 4 is 41.1 Å². The number of aliphatic carboxylic acids is 1. The Morgan fingerprint density at radius 3 is 2.23 bits per heavy atom. The van der Waals surface area contributed by atoms with E-state index < -0.39 is 41.2 Å². The number of nitrogens with one attached hydrogen (secondary N) is 1. The summed E-state index contributed by atoms with van der Waals surface area (Å²) in [6.45, 7) is 2.42. The lowest BCUT2D eigenvalue weighted by atomic mass is 9.78. The largest absolute Gasteiger partial charge is 0.494 e. The fraction of sp³-hybridized carbons (Fsp3) is 0.324. The van der Waals surface area contributed by atoms with Crippen molar-refractivity contribution in [1.82, 2.24) is 10.2 Å². The van der Waals surface area contributed by atoms with Gasteiger partial charge in [0.05, 0.1) is 25.0 Å². The van der Waals surface area contributed by atoms with Crippen LogP contribution in [-0.4, -0.2) is 63.5 Å². The molecule has 3 aromatic carbocycles. The predicted molar refractivity (Wildman–Crippen MR) is 164 cm³/mol. The molecule has 0 spiro atoms. The zero-order valence-electron chi connectivity index (χ0n) is 24.4. The van der Waals surface area contributed by atoms with E-state index in [2.05, 4.69) is 5.32 Å². The number of hydrogen-bond donors (Lipinski definition) is 2. The number of hydrogen-bond acceptors (Lipinski definition) is 8. The normalized spacial score (nSPS) is 23.9. The van der Waals surface area contributed by atoms with Gasteiger partial charge in [-0.05, 0) is 60.2 Å². The fourth-order valence-corrected chi connectivity index (χ4v) is 7.25. The van der Waals surface area contributed by atoms with Gasteiger partial charge in [0.25, 0.3) is 0 Å². The molecule has 2 heterocycles. The number of fused-ring (bicyclic) bond motifs is 3. The first kappa shape index (κ1) is 29.8. The van der Waals surface area contributed by atoms with Crippen LogP contribution in [0.1, 0.15) is 68.8 Å². The Balaban J connectivity index is 1.34. The van der Waals surface area contributed by atoms with Crippen molar-refractivity contribution in [3.63, 3.8) is 0 Å². The second kappa shape index (κ2) is 11.7. The fourth-order valence-electron chi connectivity index (χ4n) is 6.72. The summed E-state index contributed by atoms with van der Waals surface area (Å²) >= 11 is 1.47. The van der Waals surface area contributed by atoms with Crippen molar-refractivity contribution in [2.75, 3.05) is 18.6 Å². The summed E-state index contributed by atoms with van der Waals surface area (Å²) in [5.74, 6) is -3.68. The second-order valence-electron chi connectivity index (χ2n) is 11.4. The number of likely N-dealkylation sites (tertiary alicyclic amines) is 1. The summed E-state index contributed by atoms with van der Waals surface area (Å²) in [6, 6.07) is 17.8. The number of carboxylic acids is 1. The van der Waals surface area contributed by atoms with Gasteiger partial charge in [-0.3, -0.25) is 34.2 Å². The number of imide groups is 1. The van der Waals surface area contributed by atoms with Gasteiger partial charge < -0.3 is 9.84 Å². The molecule has 2 amide bonds. The van der Waals surface area contributed by atoms with E-state index in [1.165, 1.54) is 11.8 Å². The summed E-state index contributed by atoms with van der Waals surface area (Å²) in [6.07, 6.45) is 2.87. The minimum atomic E-state index is -1.64. The summed E-state index contributed by atoms with van der Waals surface area (Å²) in [5.41, 5.74) is 0.688. The lowest BCUT2D eigenvalue weighted by Crippen LogP contribution is -2.56. The van der Waals surface area contributed by atoms with Crippen LogP contribution in [0.2, 0.25) is 0 Å². The standard InChI is InChI=1S/C34H32N2O7S/c1-3-15-43-21-11-9-20(10-12-21)28-26-27(34(35-28,33(41)42)14-16-44-2)32(40)36(31(26)39)18-19-8-13-24-25(17-19)30(38)23-7-5-4-6-22(23)29(24)37/h4-13,17,26-28,35H,3,14-16,18H2,1-2H3,(H,41,42). The van der Waals surface area contributed by atoms with Gasteiger partial charge >= 0.3 is 5.97 Å². The quantitative estimate of drug-likeness (QED) is 0.252. The second-order valence-corrected chi connectivity index (χ2v) is 12.4. The number of rotatable bonds is 10. The Labute approximate surface area is 259 Å². The first-order valence-electron chi connectivity index (χ1n) is 14.6. The topological polar surface area (TPSA) is 130 Å². The zero-order chi connectivity index (χ0) is 31.2. The molecule has 44 heavy (non-hydrogen) atoms. The molecule has 226 valence electrons. The van der Waals surface area contributed by atoms with Crippen molar-refractivity contribution < 1.29 is 33.8 Å². The van der Waals surface area contributed by atoms with Crippen molar-refractivity contribution in [2.45, 2.75) is 37.9 Å². The number of amides is 2. The van der Waals surface area contributed by atoms with E-state index in [-0.39, 0.29) is 35.7 Å². The van der Waals surface area contributed by atoms with Gasteiger partial charge in [0.15, 0.2) is 11.6 Å². The lowest BCUT2D eigenvalue weighted by Gasteiger charge is -2.31. The van der Waals surface area contributed by atoms with Crippen LogP contribution in [0, 0.1) is 11.8 Å². The number of carboxylic acid groups (broad SMARTS) is 1. The molecule has 3 aliphatic rings. The Morgan fingerprint density at radius 2 is 1.59 bits per heavy atom. The molecule has 2 N–H and O–H groups in total. The molecule has 10 heteroatoms. The molecule has 3 aromatic rings. The van der Waals surface area contributed by atoms with Gasteiger partial charge in [-0.15, -0.1) is 0 Å². The molecular weight excluding hydrogens is 580 g/mol. The zero-order valence-corrected chi connectivity index (χ0v) is 25.2. The number of carbonyl (C=O) groups excluding carboxylic acids is 4. The lowest BCUT2D eigenvalue weighted by molar-refractivity contribution is -0.151. The third-order valence-corrected chi connectivity index (χ3v) is 9.48. The minimum Gasteiger partial charge on any atom is -0.494 e. The van der Waals surface area contributed by atoms with Gasteiger partial charge in [0.1, 0.15) is 11.3 Å². The molecule has 0 radical (unpaired) electrons. The molecule has 0 bridgehead atoms. The van der Waals surface area contributed by atoms with E-state index >= 15 is 0 Å². The van der Waals surface area contributed by atoms with Crippen LogP contribution in [0.3, 0.4) is 0 Å². The third-order valence-electron chi connectivity index (χ3n) is 8.87. The average molecular weight is 613 g/mol. The van der Waals surface area contributed by atoms with E-state index in [0.717, 1.165) is 11.3 Å². The van der Waals surface area contributed by atoms with Gasteiger partial charge in [-0.1, -0.05) is 49.4 Å². The maximum atomic E-state index is 14.1. The molecule has 6 rings (SSSR count). The maximum Gasteiger partial charge on any atom is 0.324 e. The molecular formula is C34H32N2O7S. The molecule has 0 saturated carbocycles. The van der Waals surface area contributed by atoms with Crippen LogP contribution in [0.5, 0.6) is 5.75 Å². The SMILES string of the molecule is CCCOc1ccc(C2NC(CCSC)(C(=O)O)C3C(=O)N(Cc4ccc5c(c4)C(=O)c4ccccc4C5=O)C(=O)C23)cc1. The highest BCUT2D eigenvalue weighted by atomic mass is 32.2. The van der Waals surface area contributed by atoms with E-state index in [1.807, 2.05) is 13.2 Å². The molecule has 2 aliphatic heterocycles. The van der Waals surface area contributed by atoms with Gasteiger partial charge in [0.2, 0.25) is 11.8 Å². The highest BCUT2D eigenvalue weighted by Crippen LogP contribution is 2.51. The molecule has 4 atom stereocenters. The van der Waals surface area contributed by atoms with E-state index in [1.54, 1.807) is 66.7 Å². The molecule has 2 fully saturated rings. The Morgan fingerprint density at radius 1 is 0.932 bits per heavy atom. The van der Waals surface area contributed by atoms with Crippen molar-refractivity contribution in [2.24, 2.45) is 11.8 Å². The number of carbonyl (C=O) groups is 5. The Bertz CT molecular complexity index is 1690. The smallest absolute Gasteiger partial charge is 0.324 e. The molecule has 0 aromatic heterocycles.